The van der Waals surface area contributed by atoms with Gasteiger partial charge in [-0.2, -0.15) is 0 Å². The molecule has 3 heterocycles. The maximum Gasteiger partial charge on any atom is 0.274 e. The van der Waals surface area contributed by atoms with Gasteiger partial charge in [-0.05, 0) is 54.9 Å². The van der Waals surface area contributed by atoms with Gasteiger partial charge in [-0.15, -0.1) is 9.24 Å². The predicted octanol–water partition coefficient (Wildman–Crippen LogP) is 3.35. The van der Waals surface area contributed by atoms with Crippen LogP contribution in [0.1, 0.15) is 52.8 Å². The molecule has 0 bridgehead atoms. The molecule has 3 aromatic rings. The SMILES string of the molecule is CNC(=O)c1cc(F)c(-c2nc(C(=O)Nc3cnccc3[C@H]3C[C@@H](N)[C@@H](C)[C@@H](C)O3)ccc2F)c(P)c1. The van der Waals surface area contributed by atoms with Crippen molar-refractivity contribution in [2.45, 2.75) is 38.5 Å². The van der Waals surface area contributed by atoms with Crippen molar-refractivity contribution in [2.24, 2.45) is 11.7 Å². The highest BCUT2D eigenvalue weighted by Crippen LogP contribution is 2.36. The van der Waals surface area contributed by atoms with Crippen molar-refractivity contribution in [1.29, 1.82) is 0 Å². The Morgan fingerprint density at radius 2 is 1.89 bits per heavy atom. The lowest BCUT2D eigenvalue weighted by Gasteiger charge is -2.38. The predicted molar refractivity (Wildman–Crippen MR) is 140 cm³/mol. The fraction of sp³-hybridized carbons (Fsp3) is 0.308. The molecule has 1 fully saturated rings. The highest BCUT2D eigenvalue weighted by molar-refractivity contribution is 7.28. The Bertz CT molecular complexity index is 1320. The van der Waals surface area contributed by atoms with E-state index in [0.717, 1.165) is 12.1 Å². The van der Waals surface area contributed by atoms with Gasteiger partial charge in [0.1, 0.15) is 23.0 Å². The summed E-state index contributed by atoms with van der Waals surface area (Å²) in [5.74, 6) is -2.61. The number of nitrogens with one attached hydrogen (secondary N) is 2. The van der Waals surface area contributed by atoms with Crippen molar-refractivity contribution in [3.63, 3.8) is 0 Å². The second-order valence-corrected chi connectivity index (χ2v) is 9.66. The maximum absolute atomic E-state index is 15.0. The third kappa shape index (κ3) is 5.51. The monoisotopic (exact) mass is 527 g/mol. The molecule has 37 heavy (non-hydrogen) atoms. The molecule has 4 rings (SSSR count). The van der Waals surface area contributed by atoms with Gasteiger partial charge in [0.2, 0.25) is 0 Å². The zero-order chi connectivity index (χ0) is 26.9. The lowest BCUT2D eigenvalue weighted by atomic mass is 9.87. The van der Waals surface area contributed by atoms with Crippen LogP contribution in [0.5, 0.6) is 0 Å². The van der Waals surface area contributed by atoms with E-state index in [2.05, 4.69) is 29.8 Å². The summed E-state index contributed by atoms with van der Waals surface area (Å²) < 4.78 is 35.9. The van der Waals surface area contributed by atoms with Crippen molar-refractivity contribution in [1.82, 2.24) is 15.3 Å². The molecular formula is C26H28F2N5O3P. The van der Waals surface area contributed by atoms with Crippen molar-refractivity contribution >= 4 is 32.0 Å². The van der Waals surface area contributed by atoms with Gasteiger partial charge in [-0.3, -0.25) is 14.6 Å². The van der Waals surface area contributed by atoms with Crippen LogP contribution >= 0.6 is 9.24 Å². The van der Waals surface area contributed by atoms with Crippen LogP contribution in [0.15, 0.2) is 42.7 Å². The van der Waals surface area contributed by atoms with Gasteiger partial charge < -0.3 is 21.1 Å². The average Bonchev–Trinajstić information content (AvgIpc) is 2.87. The number of hydrogen-bond acceptors (Lipinski definition) is 6. The van der Waals surface area contributed by atoms with Crippen LogP contribution in [0.3, 0.4) is 0 Å². The van der Waals surface area contributed by atoms with Gasteiger partial charge in [-0.25, -0.2) is 13.8 Å². The zero-order valence-corrected chi connectivity index (χ0v) is 21.7. The lowest BCUT2D eigenvalue weighted by molar-refractivity contribution is -0.0790. The van der Waals surface area contributed by atoms with Crippen molar-refractivity contribution in [3.05, 3.63) is 71.2 Å². The number of halogens is 2. The largest absolute Gasteiger partial charge is 0.370 e. The minimum Gasteiger partial charge on any atom is -0.370 e. The Morgan fingerprint density at radius 3 is 2.57 bits per heavy atom. The van der Waals surface area contributed by atoms with E-state index in [9.17, 15) is 18.4 Å². The van der Waals surface area contributed by atoms with Crippen LogP contribution in [0, 0.1) is 17.6 Å². The summed E-state index contributed by atoms with van der Waals surface area (Å²) >= 11 is 0. The number of aromatic nitrogens is 2. The first-order valence-electron chi connectivity index (χ1n) is 11.7. The molecular weight excluding hydrogens is 499 g/mol. The molecule has 2 aromatic heterocycles. The molecule has 2 amide bonds. The number of carbonyl (C=O) groups is 2. The third-order valence-corrected chi connectivity index (χ3v) is 7.11. The molecule has 194 valence electrons. The van der Waals surface area contributed by atoms with Crippen LogP contribution in [-0.2, 0) is 4.74 Å². The number of hydrogen-bond donors (Lipinski definition) is 3. The minimum atomic E-state index is -0.848. The Balaban J connectivity index is 1.64. The van der Waals surface area contributed by atoms with E-state index >= 15 is 0 Å². The van der Waals surface area contributed by atoms with Crippen LogP contribution in [0.2, 0.25) is 0 Å². The quantitative estimate of drug-likeness (QED) is 0.438. The molecule has 1 aromatic carbocycles. The molecule has 1 aliphatic heterocycles. The van der Waals surface area contributed by atoms with Gasteiger partial charge in [0, 0.05) is 36.0 Å². The Kier molecular flexibility index (Phi) is 7.92. The molecule has 1 unspecified atom stereocenters. The van der Waals surface area contributed by atoms with Crippen molar-refractivity contribution in [3.8, 4) is 11.3 Å². The Morgan fingerprint density at radius 1 is 1.14 bits per heavy atom. The van der Waals surface area contributed by atoms with Crippen LogP contribution in [0.25, 0.3) is 11.3 Å². The van der Waals surface area contributed by atoms with Gasteiger partial charge in [0.15, 0.2) is 0 Å². The van der Waals surface area contributed by atoms with Crippen molar-refractivity contribution in [2.75, 3.05) is 12.4 Å². The fourth-order valence-electron chi connectivity index (χ4n) is 4.32. The maximum atomic E-state index is 15.0. The number of pyridine rings is 2. The highest BCUT2D eigenvalue weighted by Gasteiger charge is 2.33. The van der Waals surface area contributed by atoms with Gasteiger partial charge >= 0.3 is 0 Å². The van der Waals surface area contributed by atoms with E-state index in [1.165, 1.54) is 25.4 Å². The lowest BCUT2D eigenvalue weighted by Crippen LogP contribution is -2.43. The molecule has 0 radical (unpaired) electrons. The first kappa shape index (κ1) is 26.7. The standard InChI is InChI=1S/C26H28F2N5O3P/c1-12-13(2)36-21(10-18(12)29)15-6-7-31-11-20(15)33-26(35)19-5-4-16(27)24(32-19)23-17(28)8-14(9-22(23)37)25(34)30-3/h4-9,11-13,18,21H,10,29,37H2,1-3H3,(H,30,34)(H,33,35)/t12-,13+,18+,21+/m0/s1. The minimum absolute atomic E-state index is 0.0699. The number of amides is 2. The Labute approximate surface area is 215 Å². The molecule has 4 N–H and O–H groups in total. The van der Waals surface area contributed by atoms with E-state index in [1.807, 2.05) is 13.8 Å². The number of nitrogens with zero attached hydrogens (tertiary/aromatic N) is 2. The number of benzene rings is 1. The van der Waals surface area contributed by atoms with Crippen LogP contribution < -0.4 is 21.7 Å². The molecule has 11 heteroatoms. The summed E-state index contributed by atoms with van der Waals surface area (Å²) in [4.78, 5) is 33.3. The molecule has 0 spiro atoms. The number of nitrogens with two attached hydrogens (primary N) is 1. The topological polar surface area (TPSA) is 119 Å². The first-order valence-corrected chi connectivity index (χ1v) is 12.3. The van der Waals surface area contributed by atoms with E-state index in [4.69, 9.17) is 10.5 Å². The van der Waals surface area contributed by atoms with E-state index in [-0.39, 0.29) is 52.0 Å². The fourth-order valence-corrected chi connectivity index (χ4v) is 4.78. The second-order valence-electron chi connectivity index (χ2n) is 9.03. The van der Waals surface area contributed by atoms with Gasteiger partial charge in [0.05, 0.1) is 24.1 Å². The van der Waals surface area contributed by atoms with Gasteiger partial charge in [-0.1, -0.05) is 6.92 Å². The first-order chi connectivity index (χ1) is 17.6. The molecule has 1 aliphatic rings. The molecule has 5 atom stereocenters. The molecule has 8 nitrogen and oxygen atoms in total. The summed E-state index contributed by atoms with van der Waals surface area (Å²) in [5.41, 5.74) is 6.84. The highest BCUT2D eigenvalue weighted by atomic mass is 31.0. The normalized spacial score (nSPS) is 21.4. The summed E-state index contributed by atoms with van der Waals surface area (Å²) in [6.07, 6.45) is 3.25. The third-order valence-electron chi connectivity index (χ3n) is 6.66. The number of carbonyl (C=O) groups excluding carboxylic acids is 2. The molecule has 0 aliphatic carbocycles. The molecule has 1 saturated heterocycles. The summed E-state index contributed by atoms with van der Waals surface area (Å²) in [6, 6.07) is 6.33. The van der Waals surface area contributed by atoms with Crippen LogP contribution in [-0.4, -0.2) is 41.0 Å². The molecule has 0 saturated carbocycles. The Hall–Kier alpha value is -3.33. The zero-order valence-electron chi connectivity index (χ0n) is 20.6. The summed E-state index contributed by atoms with van der Waals surface area (Å²) in [6.45, 7) is 3.99. The number of ether oxygens (including phenoxy) is 1. The smallest absolute Gasteiger partial charge is 0.274 e. The van der Waals surface area contributed by atoms with E-state index in [1.54, 1.807) is 12.3 Å². The summed E-state index contributed by atoms with van der Waals surface area (Å²) in [5, 5.41) is 5.39. The van der Waals surface area contributed by atoms with Crippen LogP contribution in [0.4, 0.5) is 14.5 Å². The van der Waals surface area contributed by atoms with E-state index < -0.39 is 23.4 Å². The summed E-state index contributed by atoms with van der Waals surface area (Å²) in [7, 11) is 3.69. The number of anilines is 1. The van der Waals surface area contributed by atoms with Crippen molar-refractivity contribution < 1.29 is 23.1 Å². The average molecular weight is 528 g/mol. The number of rotatable bonds is 5. The van der Waals surface area contributed by atoms with E-state index in [0.29, 0.717) is 17.7 Å². The second kappa shape index (κ2) is 11.0. The van der Waals surface area contributed by atoms with Gasteiger partial charge in [0.25, 0.3) is 11.8 Å².